The van der Waals surface area contributed by atoms with Gasteiger partial charge in [-0.25, -0.2) is 0 Å². The van der Waals surface area contributed by atoms with Crippen molar-refractivity contribution >= 4 is 12.4 Å². The van der Waals surface area contributed by atoms with Gasteiger partial charge in [-0.2, -0.15) is 0 Å². The van der Waals surface area contributed by atoms with E-state index in [1.165, 1.54) is 0 Å². The quantitative estimate of drug-likeness (QED) is 0.397. The van der Waals surface area contributed by atoms with Crippen LogP contribution in [0.5, 0.6) is 0 Å². The summed E-state index contributed by atoms with van der Waals surface area (Å²) < 4.78 is 0. The molecule has 0 aliphatic carbocycles. The number of carbonyl (C=O) groups is 1. The Morgan fingerprint density at radius 3 is 2.62 bits per heavy atom. The van der Waals surface area contributed by atoms with Crippen LogP contribution in [0.25, 0.3) is 6.08 Å². The molecule has 0 atom stereocenters. The predicted octanol–water partition coefficient (Wildman–Crippen LogP) is 4.02. The van der Waals surface area contributed by atoms with E-state index in [4.69, 9.17) is 0 Å². The van der Waals surface area contributed by atoms with Crippen molar-refractivity contribution in [2.24, 2.45) is 0 Å². The van der Waals surface area contributed by atoms with E-state index >= 15 is 0 Å². The molecule has 1 nitrogen and oxygen atoms in total. The lowest BCUT2D eigenvalue weighted by Gasteiger charge is -1.99. The van der Waals surface area contributed by atoms with Crippen LogP contribution in [-0.4, -0.2) is 6.29 Å². The summed E-state index contributed by atoms with van der Waals surface area (Å²) in [4.78, 5) is 10.5. The Labute approximate surface area is 97.5 Å². The molecule has 0 saturated heterocycles. The number of allylic oxidation sites excluding steroid dienone is 3. The second-order valence-electron chi connectivity index (χ2n) is 3.73. The molecular formula is C15H18O. The maximum absolute atomic E-state index is 10.5. The standard InChI is InChI=1S/C15H18O/c1-2-3-7-15(12-13-16)11-10-14-8-5-4-6-9-14/h4-6,8-13H,2-3,7H2,1H3/b11-10+,15-12+. The van der Waals surface area contributed by atoms with Gasteiger partial charge >= 0.3 is 0 Å². The molecule has 84 valence electrons. The van der Waals surface area contributed by atoms with Crippen LogP contribution in [0.15, 0.2) is 48.1 Å². The van der Waals surface area contributed by atoms with E-state index in [9.17, 15) is 4.79 Å². The van der Waals surface area contributed by atoms with Gasteiger partial charge < -0.3 is 0 Å². The van der Waals surface area contributed by atoms with Crippen LogP contribution in [0.4, 0.5) is 0 Å². The first kappa shape index (κ1) is 12.4. The summed E-state index contributed by atoms with van der Waals surface area (Å²) in [5.74, 6) is 0. The summed E-state index contributed by atoms with van der Waals surface area (Å²) in [5.41, 5.74) is 2.26. The van der Waals surface area contributed by atoms with E-state index < -0.39 is 0 Å². The fraction of sp³-hybridized carbons (Fsp3) is 0.267. The Balaban J connectivity index is 2.64. The van der Waals surface area contributed by atoms with Crippen molar-refractivity contribution in [3.63, 3.8) is 0 Å². The largest absolute Gasteiger partial charge is 0.299 e. The molecule has 0 N–H and O–H groups in total. The molecule has 0 radical (unpaired) electrons. The molecule has 0 spiro atoms. The minimum absolute atomic E-state index is 0.861. The van der Waals surface area contributed by atoms with Gasteiger partial charge in [-0.3, -0.25) is 4.79 Å². The van der Waals surface area contributed by atoms with Crippen LogP contribution in [-0.2, 0) is 4.79 Å². The van der Waals surface area contributed by atoms with E-state index in [-0.39, 0.29) is 0 Å². The van der Waals surface area contributed by atoms with Crippen LogP contribution in [0.2, 0.25) is 0 Å². The number of rotatable bonds is 6. The minimum Gasteiger partial charge on any atom is -0.299 e. The summed E-state index contributed by atoms with van der Waals surface area (Å²) in [5, 5.41) is 0. The third-order valence-electron chi connectivity index (χ3n) is 2.39. The highest BCUT2D eigenvalue weighted by atomic mass is 16.1. The molecule has 16 heavy (non-hydrogen) atoms. The molecule has 0 amide bonds. The number of carbonyl (C=O) groups excluding carboxylic acids is 1. The van der Waals surface area contributed by atoms with Gasteiger partial charge in [0.1, 0.15) is 6.29 Å². The molecule has 0 unspecified atom stereocenters. The van der Waals surface area contributed by atoms with Crippen LogP contribution in [0, 0.1) is 0 Å². The summed E-state index contributed by atoms with van der Waals surface area (Å²) >= 11 is 0. The lowest BCUT2D eigenvalue weighted by atomic mass is 10.1. The Hall–Kier alpha value is -1.63. The third-order valence-corrected chi connectivity index (χ3v) is 2.39. The minimum atomic E-state index is 0.861. The highest BCUT2D eigenvalue weighted by molar-refractivity contribution is 5.68. The van der Waals surface area contributed by atoms with Crippen molar-refractivity contribution in [2.45, 2.75) is 26.2 Å². The third kappa shape index (κ3) is 4.74. The van der Waals surface area contributed by atoms with Crippen LogP contribution < -0.4 is 0 Å². The van der Waals surface area contributed by atoms with Gasteiger partial charge in [0, 0.05) is 0 Å². The zero-order chi connectivity index (χ0) is 11.6. The molecule has 1 aromatic rings. The normalized spacial score (nSPS) is 11.9. The van der Waals surface area contributed by atoms with Gasteiger partial charge in [0.15, 0.2) is 0 Å². The van der Waals surface area contributed by atoms with Crippen molar-refractivity contribution in [1.82, 2.24) is 0 Å². The van der Waals surface area contributed by atoms with Crippen molar-refractivity contribution in [3.05, 3.63) is 53.6 Å². The van der Waals surface area contributed by atoms with Gasteiger partial charge in [0.2, 0.25) is 0 Å². The highest BCUT2D eigenvalue weighted by Gasteiger charge is 1.92. The number of unbranched alkanes of at least 4 members (excludes halogenated alkanes) is 1. The number of hydrogen-bond acceptors (Lipinski definition) is 1. The number of hydrogen-bond donors (Lipinski definition) is 0. The lowest BCUT2D eigenvalue weighted by molar-refractivity contribution is -0.104. The first-order valence-electron chi connectivity index (χ1n) is 5.74. The smallest absolute Gasteiger partial charge is 0.143 e. The van der Waals surface area contributed by atoms with Crippen molar-refractivity contribution in [2.75, 3.05) is 0 Å². The van der Waals surface area contributed by atoms with Crippen molar-refractivity contribution in [3.8, 4) is 0 Å². The zero-order valence-corrected chi connectivity index (χ0v) is 9.73. The van der Waals surface area contributed by atoms with Gasteiger partial charge in [-0.1, -0.05) is 55.8 Å². The van der Waals surface area contributed by atoms with Crippen LogP contribution >= 0.6 is 0 Å². The molecule has 1 heteroatoms. The maximum atomic E-state index is 10.5. The van der Waals surface area contributed by atoms with Crippen LogP contribution in [0.1, 0.15) is 31.7 Å². The molecular weight excluding hydrogens is 196 g/mol. The molecule has 0 heterocycles. The first-order chi connectivity index (χ1) is 7.86. The molecule has 0 saturated carbocycles. The van der Waals surface area contributed by atoms with Crippen molar-refractivity contribution in [1.29, 1.82) is 0 Å². The molecule has 0 bridgehead atoms. The Kier molecular flexibility index (Phi) is 5.94. The van der Waals surface area contributed by atoms with E-state index in [2.05, 4.69) is 19.1 Å². The average Bonchev–Trinajstić information content (AvgIpc) is 2.34. The second-order valence-corrected chi connectivity index (χ2v) is 3.73. The lowest BCUT2D eigenvalue weighted by Crippen LogP contribution is -1.81. The summed E-state index contributed by atoms with van der Waals surface area (Å²) in [6.07, 6.45) is 9.83. The van der Waals surface area contributed by atoms with E-state index in [1.54, 1.807) is 6.08 Å². The maximum Gasteiger partial charge on any atom is 0.143 e. The predicted molar refractivity (Wildman–Crippen MR) is 69.1 cm³/mol. The van der Waals surface area contributed by atoms with Gasteiger partial charge in [0.05, 0.1) is 0 Å². The number of aldehydes is 1. The molecule has 1 rings (SSSR count). The van der Waals surface area contributed by atoms with Crippen LogP contribution in [0.3, 0.4) is 0 Å². The highest BCUT2D eigenvalue weighted by Crippen LogP contribution is 2.11. The second kappa shape index (κ2) is 7.63. The topological polar surface area (TPSA) is 17.1 Å². The Morgan fingerprint density at radius 1 is 1.25 bits per heavy atom. The molecule has 1 aromatic carbocycles. The van der Waals surface area contributed by atoms with E-state index in [0.717, 1.165) is 36.7 Å². The van der Waals surface area contributed by atoms with Crippen molar-refractivity contribution < 1.29 is 4.79 Å². The molecule has 0 aliphatic heterocycles. The summed E-state index contributed by atoms with van der Waals surface area (Å²) in [7, 11) is 0. The molecule has 0 aromatic heterocycles. The number of benzene rings is 1. The molecule has 0 aliphatic rings. The van der Waals surface area contributed by atoms with Gasteiger partial charge in [0.25, 0.3) is 0 Å². The Bertz CT molecular complexity index is 360. The van der Waals surface area contributed by atoms with Gasteiger partial charge in [-0.15, -0.1) is 0 Å². The summed E-state index contributed by atoms with van der Waals surface area (Å²) in [6, 6.07) is 10.1. The fourth-order valence-electron chi connectivity index (χ4n) is 1.46. The SMILES string of the molecule is CCCCC(/C=C/c1ccccc1)=C\C=O. The molecule has 0 fully saturated rings. The van der Waals surface area contributed by atoms with Gasteiger partial charge in [-0.05, 0) is 30.1 Å². The fourth-order valence-corrected chi connectivity index (χ4v) is 1.46. The summed E-state index contributed by atoms with van der Waals surface area (Å²) in [6.45, 7) is 2.15. The van der Waals surface area contributed by atoms with E-state index in [0.29, 0.717) is 0 Å². The Morgan fingerprint density at radius 2 is 2.00 bits per heavy atom. The van der Waals surface area contributed by atoms with E-state index in [1.807, 2.05) is 30.4 Å². The zero-order valence-electron chi connectivity index (χ0n) is 9.73. The monoisotopic (exact) mass is 214 g/mol. The first-order valence-corrected chi connectivity index (χ1v) is 5.74. The average molecular weight is 214 g/mol.